The molecule has 0 bridgehead atoms. The zero-order valence-electron chi connectivity index (χ0n) is 60.6. The predicted octanol–water partition coefficient (Wildman–Crippen LogP) is 23.5. The summed E-state index contributed by atoms with van der Waals surface area (Å²) in [6.07, 6.45) is 1.69. The van der Waals surface area contributed by atoms with E-state index in [1.807, 2.05) is 104 Å². The molecule has 91 heavy (non-hydrogen) atoms. The van der Waals surface area contributed by atoms with E-state index in [0.29, 0.717) is 45.4 Å². The Balaban J connectivity index is 0.00000880. The summed E-state index contributed by atoms with van der Waals surface area (Å²) < 4.78 is 72.8. The number of anilines is 10. The summed E-state index contributed by atoms with van der Waals surface area (Å²) in [5.74, 6) is 0.405. The number of para-hydroxylation sites is 4. The molecule has 0 fully saturated rings. The first-order valence-corrected chi connectivity index (χ1v) is 30.8. The standard InChI is InChI=1S/C85H74N5.Pt/c1-57-46-81(86-55-76(57)60-32-19-13-20-33-60)90-77-45-42-61(58-28-15-11-16-29-58)49-75(77)73-37-24-23-36-72(73)74-44-43-67(54-80(74)90)89(66-34-21-14-22-35-66)69-52-65(85(8,9)10)51-68(53-69)87-56-88(79-41-26-25-40-78(79)87)82-70(59-30-17-12-18-31-59)38-27-39-71(82)62-47-63(83(2,3)4)50-64(48-62)84(5,6)7;/h11-52,55-56H,1-10H3;/q-3;/i1D3,12D,17D,18D,30D,31D;. The molecule has 2 aliphatic rings. The van der Waals surface area contributed by atoms with Gasteiger partial charge in [0.1, 0.15) is 5.82 Å². The second-order valence-electron chi connectivity index (χ2n) is 26.4. The summed E-state index contributed by atoms with van der Waals surface area (Å²) in [4.78, 5) is 13.7. The zero-order valence-corrected chi connectivity index (χ0v) is 54.8. The van der Waals surface area contributed by atoms with Crippen LogP contribution in [0.25, 0.3) is 66.8 Å². The number of rotatable bonds is 10. The first-order valence-electron chi connectivity index (χ1n) is 34.8. The molecule has 0 N–H and O–H groups in total. The molecular weight excluding hydrogens is 1290 g/mol. The SMILES string of the molecule is [2H]c1c([2H])c([2H])c(-c2cccc(-c3cc(C(C)(C)C)cc(C(C)(C)C)c3)c2N2[CH-]N(c3[c-]c(N(c4[c-]c5c(cc4)-c4ccccc4-c4cc(-c6ccccc6)ccc4N5c4cc(C([2H])([2H])[2H])c(-c5ccccc5)cn4)c4ccccc4)cc(C(C)(C)C)c3)c3ccccc32)c([2H])c1[2H].[Pt]. The summed E-state index contributed by atoms with van der Waals surface area (Å²) in [5, 5.41) is 0. The first kappa shape index (κ1) is 51.2. The average Bonchev–Trinajstić information content (AvgIpc) is 1.65. The molecule has 14 rings (SSSR count). The average molecular weight is 1370 g/mol. The Morgan fingerprint density at radius 2 is 1.00 bits per heavy atom. The fraction of sp³-hybridized carbons (Fsp3) is 0.153. The van der Waals surface area contributed by atoms with Crippen molar-refractivity contribution in [1.29, 1.82) is 0 Å². The molecule has 2 aliphatic heterocycles. The van der Waals surface area contributed by atoms with Crippen LogP contribution in [0.4, 0.5) is 57.0 Å². The Kier molecular flexibility index (Phi) is 13.5. The molecule has 0 unspecified atom stereocenters. The maximum Gasteiger partial charge on any atom is 0.135 e. The van der Waals surface area contributed by atoms with Gasteiger partial charge in [-0.05, 0) is 116 Å². The molecule has 0 atom stereocenters. The summed E-state index contributed by atoms with van der Waals surface area (Å²) >= 11 is 0. The van der Waals surface area contributed by atoms with E-state index in [4.69, 9.17) is 13.2 Å². The molecule has 12 aromatic rings. The van der Waals surface area contributed by atoms with Crippen LogP contribution in [0.15, 0.2) is 261 Å². The fourth-order valence-electron chi connectivity index (χ4n) is 12.4. The molecule has 0 radical (unpaired) electrons. The van der Waals surface area contributed by atoms with E-state index < -0.39 is 30.4 Å². The quantitative estimate of drug-likeness (QED) is 0.127. The molecule has 0 amide bonds. The van der Waals surface area contributed by atoms with E-state index in [-0.39, 0.29) is 55.1 Å². The third-order valence-electron chi connectivity index (χ3n) is 17.3. The Labute approximate surface area is 564 Å². The van der Waals surface area contributed by atoms with E-state index in [0.717, 1.165) is 89.5 Å². The van der Waals surface area contributed by atoms with Crippen LogP contribution in [-0.4, -0.2) is 4.98 Å². The number of hydrogen-bond donors (Lipinski definition) is 0. The van der Waals surface area contributed by atoms with Gasteiger partial charge in [-0.1, -0.05) is 273 Å². The molecule has 6 heteroatoms. The largest absolute Gasteiger partial charge is 0.493 e. The number of aryl methyl sites for hydroxylation is 1. The van der Waals surface area contributed by atoms with Crippen LogP contribution in [-0.2, 0) is 37.3 Å². The number of pyridine rings is 1. The van der Waals surface area contributed by atoms with Crippen LogP contribution in [0.3, 0.4) is 0 Å². The normalized spacial score (nSPS) is 14.1. The van der Waals surface area contributed by atoms with Gasteiger partial charge in [-0.3, -0.25) is 0 Å². The molecule has 1 aromatic heterocycles. The molecule has 0 spiro atoms. The minimum Gasteiger partial charge on any atom is -0.493 e. The van der Waals surface area contributed by atoms with Crippen molar-refractivity contribution in [1.82, 2.24) is 4.98 Å². The second kappa shape index (κ2) is 24.0. The van der Waals surface area contributed by atoms with E-state index in [2.05, 4.69) is 215 Å². The minimum absolute atomic E-state index is 0. The molecule has 11 aromatic carbocycles. The van der Waals surface area contributed by atoms with Gasteiger partial charge in [-0.15, -0.1) is 53.8 Å². The predicted molar refractivity (Wildman–Crippen MR) is 380 cm³/mol. The van der Waals surface area contributed by atoms with Crippen LogP contribution in [0.1, 0.15) is 95.5 Å². The van der Waals surface area contributed by atoms with E-state index in [1.54, 1.807) is 12.3 Å². The Hall–Kier alpha value is -9.54. The van der Waals surface area contributed by atoms with Gasteiger partial charge in [0.15, 0.2) is 0 Å². The van der Waals surface area contributed by atoms with Crippen LogP contribution >= 0.6 is 0 Å². The third kappa shape index (κ3) is 11.5. The van der Waals surface area contributed by atoms with Gasteiger partial charge < -0.3 is 19.6 Å². The van der Waals surface area contributed by atoms with Gasteiger partial charge in [0.25, 0.3) is 0 Å². The van der Waals surface area contributed by atoms with Crippen LogP contribution in [0, 0.1) is 25.7 Å². The van der Waals surface area contributed by atoms with Gasteiger partial charge in [0, 0.05) is 76.4 Å². The van der Waals surface area contributed by atoms with Crippen molar-refractivity contribution in [2.24, 2.45) is 0 Å². The molecule has 3 heterocycles. The van der Waals surface area contributed by atoms with Gasteiger partial charge in [0.2, 0.25) is 0 Å². The van der Waals surface area contributed by atoms with Gasteiger partial charge in [-0.2, -0.15) is 6.07 Å². The van der Waals surface area contributed by atoms with Gasteiger partial charge >= 0.3 is 0 Å². The van der Waals surface area contributed by atoms with Crippen molar-refractivity contribution in [2.45, 2.75) is 85.4 Å². The number of nitrogens with zero attached hydrogens (tertiary/aromatic N) is 5. The second-order valence-corrected chi connectivity index (χ2v) is 26.4. The number of fused-ring (bicyclic) bond motifs is 6. The van der Waals surface area contributed by atoms with Crippen LogP contribution in [0.5, 0.6) is 0 Å². The summed E-state index contributed by atoms with van der Waals surface area (Å²) in [5.41, 5.74) is 18.6. The number of aromatic nitrogens is 1. The Bertz CT molecular complexity index is 5030. The first-order chi connectivity index (χ1) is 46.7. The van der Waals surface area contributed by atoms with E-state index in [9.17, 15) is 2.74 Å². The maximum atomic E-state index is 9.49. The van der Waals surface area contributed by atoms with E-state index in [1.165, 1.54) is 0 Å². The summed E-state index contributed by atoms with van der Waals surface area (Å²) in [6, 6.07) is 82.1. The van der Waals surface area contributed by atoms with Crippen LogP contribution < -0.4 is 19.6 Å². The van der Waals surface area contributed by atoms with Crippen molar-refractivity contribution < 1.29 is 32.0 Å². The Morgan fingerprint density at radius 1 is 0.429 bits per heavy atom. The Morgan fingerprint density at radius 3 is 1.65 bits per heavy atom. The molecule has 452 valence electrons. The van der Waals surface area contributed by atoms with Crippen LogP contribution in [0.2, 0.25) is 0 Å². The number of benzene rings is 11. The zero-order chi connectivity index (χ0) is 68.9. The van der Waals surface area contributed by atoms with Crippen molar-refractivity contribution >= 4 is 57.0 Å². The molecular formula is C85H74N5Pt-3. The molecule has 0 saturated heterocycles. The van der Waals surface area contributed by atoms with Crippen molar-refractivity contribution in [3.8, 4) is 66.8 Å². The van der Waals surface area contributed by atoms with E-state index >= 15 is 0 Å². The number of hydrogen-bond acceptors (Lipinski definition) is 5. The molecule has 5 nitrogen and oxygen atoms in total. The van der Waals surface area contributed by atoms with Crippen molar-refractivity contribution in [3.05, 3.63) is 302 Å². The smallest absolute Gasteiger partial charge is 0.135 e. The summed E-state index contributed by atoms with van der Waals surface area (Å²) in [7, 11) is 0. The third-order valence-corrected chi connectivity index (χ3v) is 17.3. The maximum absolute atomic E-state index is 9.49. The monoisotopic (exact) mass is 1370 g/mol. The van der Waals surface area contributed by atoms with Crippen molar-refractivity contribution in [2.75, 3.05) is 19.6 Å². The summed E-state index contributed by atoms with van der Waals surface area (Å²) in [6.45, 7) is 19.4. The fourth-order valence-corrected chi connectivity index (χ4v) is 12.4. The van der Waals surface area contributed by atoms with Gasteiger partial charge in [-0.25, -0.2) is 4.98 Å². The van der Waals surface area contributed by atoms with Crippen molar-refractivity contribution in [3.63, 3.8) is 0 Å². The topological polar surface area (TPSA) is 25.9 Å². The minimum atomic E-state index is -2.52. The molecule has 0 saturated carbocycles. The van der Waals surface area contributed by atoms with Gasteiger partial charge in [0.05, 0.1) is 12.5 Å². The molecule has 0 aliphatic carbocycles.